The van der Waals surface area contributed by atoms with E-state index >= 15 is 0 Å². The van der Waals surface area contributed by atoms with Crippen molar-refractivity contribution in [3.05, 3.63) is 12.2 Å². The van der Waals surface area contributed by atoms with E-state index in [2.05, 4.69) is 5.92 Å². The Balaban J connectivity index is 2.68. The van der Waals surface area contributed by atoms with Crippen molar-refractivity contribution in [2.45, 2.75) is 31.3 Å². The van der Waals surface area contributed by atoms with Crippen LogP contribution in [0.4, 0.5) is 0 Å². The maximum Gasteiger partial charge on any atom is 0.192 e. The van der Waals surface area contributed by atoms with E-state index in [4.69, 9.17) is 20.6 Å². The average molecular weight is 196 g/mol. The molecule has 78 valence electrons. The van der Waals surface area contributed by atoms with E-state index in [1.807, 2.05) is 19.1 Å². The topological polar surface area (TPSA) is 27.7 Å². The molecule has 0 N–H and O–H groups in total. The molecule has 1 heterocycles. The predicted octanol–water partition coefficient (Wildman–Crippen LogP) is 1.69. The van der Waals surface area contributed by atoms with Gasteiger partial charge < -0.3 is 14.2 Å². The summed E-state index contributed by atoms with van der Waals surface area (Å²) in [5.74, 6) is 1.14. The Morgan fingerprint density at radius 2 is 2.07 bits per heavy atom. The highest BCUT2D eigenvalue weighted by atomic mass is 16.8. The van der Waals surface area contributed by atoms with Crippen molar-refractivity contribution in [3.8, 4) is 12.3 Å². The molecule has 1 rings (SSSR count). The fourth-order valence-electron chi connectivity index (χ4n) is 1.39. The van der Waals surface area contributed by atoms with E-state index in [0.717, 1.165) is 0 Å². The molecule has 0 spiro atoms. The molecule has 0 aromatic rings. The van der Waals surface area contributed by atoms with Crippen molar-refractivity contribution < 1.29 is 14.2 Å². The highest BCUT2D eigenvalue weighted by Gasteiger charge is 2.42. The van der Waals surface area contributed by atoms with Gasteiger partial charge in [-0.3, -0.25) is 0 Å². The highest BCUT2D eigenvalue weighted by Crippen LogP contribution is 2.35. The molecule has 0 saturated carbocycles. The summed E-state index contributed by atoms with van der Waals surface area (Å²) in [6.07, 6.45) is 10.1. The van der Waals surface area contributed by atoms with Crippen molar-refractivity contribution in [3.63, 3.8) is 0 Å². The lowest BCUT2D eigenvalue weighted by Crippen LogP contribution is -2.37. The van der Waals surface area contributed by atoms with E-state index in [-0.39, 0.29) is 0 Å². The van der Waals surface area contributed by atoms with Crippen LogP contribution >= 0.6 is 0 Å². The van der Waals surface area contributed by atoms with Gasteiger partial charge in [0.2, 0.25) is 0 Å². The summed E-state index contributed by atoms with van der Waals surface area (Å²) in [6, 6.07) is 0. The Kier molecular flexibility index (Phi) is 3.33. The summed E-state index contributed by atoms with van der Waals surface area (Å²) in [7, 11) is 3.19. The normalized spacial score (nSPS) is 35.9. The van der Waals surface area contributed by atoms with Gasteiger partial charge in [0, 0.05) is 27.1 Å². The third kappa shape index (κ3) is 2.16. The smallest absolute Gasteiger partial charge is 0.192 e. The third-order valence-electron chi connectivity index (χ3n) is 2.38. The Morgan fingerprint density at radius 1 is 1.36 bits per heavy atom. The van der Waals surface area contributed by atoms with Crippen LogP contribution in [-0.2, 0) is 14.2 Å². The first-order valence-electron chi connectivity index (χ1n) is 4.54. The SMILES string of the molecule is C#CCCC1(OC)C=CC(C)(OC)O1. The second-order valence-corrected chi connectivity index (χ2v) is 3.38. The Hall–Kier alpha value is -0.820. The minimum Gasteiger partial charge on any atom is -0.350 e. The molecular weight excluding hydrogens is 180 g/mol. The van der Waals surface area contributed by atoms with Crippen LogP contribution in [0.25, 0.3) is 0 Å². The number of ether oxygens (including phenoxy) is 3. The summed E-state index contributed by atoms with van der Waals surface area (Å²) in [6.45, 7) is 1.83. The summed E-state index contributed by atoms with van der Waals surface area (Å²) < 4.78 is 16.2. The van der Waals surface area contributed by atoms with Crippen molar-refractivity contribution in [1.82, 2.24) is 0 Å². The van der Waals surface area contributed by atoms with Crippen molar-refractivity contribution >= 4 is 0 Å². The molecule has 2 atom stereocenters. The number of hydrogen-bond acceptors (Lipinski definition) is 3. The zero-order valence-corrected chi connectivity index (χ0v) is 8.87. The van der Waals surface area contributed by atoms with Gasteiger partial charge in [0.05, 0.1) is 0 Å². The molecule has 0 aliphatic carbocycles. The van der Waals surface area contributed by atoms with Gasteiger partial charge >= 0.3 is 0 Å². The van der Waals surface area contributed by atoms with Crippen LogP contribution < -0.4 is 0 Å². The second kappa shape index (κ2) is 4.14. The Labute approximate surface area is 85.0 Å². The summed E-state index contributed by atoms with van der Waals surface area (Å²) in [5, 5.41) is 0. The number of terminal acetylenes is 1. The molecule has 1 aliphatic rings. The summed E-state index contributed by atoms with van der Waals surface area (Å²) in [5.41, 5.74) is 0. The zero-order valence-electron chi connectivity index (χ0n) is 8.87. The molecule has 0 amide bonds. The van der Waals surface area contributed by atoms with E-state index < -0.39 is 11.6 Å². The van der Waals surface area contributed by atoms with E-state index in [9.17, 15) is 0 Å². The lowest BCUT2D eigenvalue weighted by molar-refractivity contribution is -0.288. The predicted molar refractivity (Wildman–Crippen MR) is 53.4 cm³/mol. The number of methoxy groups -OCH3 is 2. The Bertz CT molecular complexity index is 266. The van der Waals surface area contributed by atoms with Crippen molar-refractivity contribution in [2.24, 2.45) is 0 Å². The Morgan fingerprint density at radius 3 is 2.50 bits per heavy atom. The van der Waals surface area contributed by atoms with Crippen molar-refractivity contribution in [1.29, 1.82) is 0 Å². The minimum atomic E-state index is -0.725. The molecule has 2 unspecified atom stereocenters. The minimum absolute atomic E-state index is 0.609. The van der Waals surface area contributed by atoms with Crippen LogP contribution in [0.5, 0.6) is 0 Å². The molecule has 0 bridgehead atoms. The van der Waals surface area contributed by atoms with Gasteiger partial charge in [0.25, 0.3) is 0 Å². The molecule has 0 radical (unpaired) electrons. The average Bonchev–Trinajstić information content (AvgIpc) is 2.55. The molecule has 0 aromatic carbocycles. The lowest BCUT2D eigenvalue weighted by atomic mass is 10.1. The van der Waals surface area contributed by atoms with Gasteiger partial charge in [-0.2, -0.15) is 0 Å². The molecule has 0 fully saturated rings. The third-order valence-corrected chi connectivity index (χ3v) is 2.38. The van der Waals surface area contributed by atoms with Gasteiger partial charge in [-0.25, -0.2) is 0 Å². The van der Waals surface area contributed by atoms with Gasteiger partial charge in [-0.15, -0.1) is 12.3 Å². The van der Waals surface area contributed by atoms with Crippen LogP contribution in [0.2, 0.25) is 0 Å². The molecule has 1 aliphatic heterocycles. The maximum absolute atomic E-state index is 5.69. The monoisotopic (exact) mass is 196 g/mol. The molecule has 0 saturated heterocycles. The molecule has 3 nitrogen and oxygen atoms in total. The lowest BCUT2D eigenvalue weighted by Gasteiger charge is -2.30. The fraction of sp³-hybridized carbons (Fsp3) is 0.636. The van der Waals surface area contributed by atoms with Gasteiger partial charge in [0.15, 0.2) is 11.6 Å². The van der Waals surface area contributed by atoms with Crippen LogP contribution in [0.15, 0.2) is 12.2 Å². The van der Waals surface area contributed by atoms with E-state index in [0.29, 0.717) is 12.8 Å². The molecule has 0 aromatic heterocycles. The van der Waals surface area contributed by atoms with Crippen molar-refractivity contribution in [2.75, 3.05) is 14.2 Å². The van der Waals surface area contributed by atoms with Gasteiger partial charge in [-0.05, 0) is 19.1 Å². The molecular formula is C11H16O3. The highest BCUT2D eigenvalue weighted by molar-refractivity contribution is 5.11. The molecule has 3 heteroatoms. The fourth-order valence-corrected chi connectivity index (χ4v) is 1.39. The van der Waals surface area contributed by atoms with Crippen LogP contribution in [0.3, 0.4) is 0 Å². The van der Waals surface area contributed by atoms with Crippen LogP contribution in [-0.4, -0.2) is 25.8 Å². The maximum atomic E-state index is 5.69. The first-order valence-corrected chi connectivity index (χ1v) is 4.54. The zero-order chi connectivity index (χ0) is 10.7. The van der Waals surface area contributed by atoms with E-state index in [1.165, 1.54) is 0 Å². The second-order valence-electron chi connectivity index (χ2n) is 3.38. The largest absolute Gasteiger partial charge is 0.350 e. The summed E-state index contributed by atoms with van der Waals surface area (Å²) >= 11 is 0. The number of rotatable bonds is 4. The van der Waals surface area contributed by atoms with Gasteiger partial charge in [0.1, 0.15) is 0 Å². The first kappa shape index (κ1) is 11.3. The van der Waals surface area contributed by atoms with Crippen LogP contribution in [0, 0.1) is 12.3 Å². The van der Waals surface area contributed by atoms with Crippen LogP contribution in [0.1, 0.15) is 19.8 Å². The first-order chi connectivity index (χ1) is 6.60. The summed E-state index contributed by atoms with van der Waals surface area (Å²) in [4.78, 5) is 0. The standard InChI is InChI=1S/C11H16O3/c1-5-6-7-11(13-4)9-8-10(2,12-3)14-11/h1,8-9H,6-7H2,2-4H3. The molecule has 14 heavy (non-hydrogen) atoms. The van der Waals surface area contributed by atoms with E-state index in [1.54, 1.807) is 14.2 Å². The number of hydrogen-bond donors (Lipinski definition) is 0. The quantitative estimate of drug-likeness (QED) is 0.506. The van der Waals surface area contributed by atoms with Gasteiger partial charge in [-0.1, -0.05) is 0 Å².